The van der Waals surface area contributed by atoms with Gasteiger partial charge in [0.05, 0.1) is 5.69 Å². The third kappa shape index (κ3) is 2.10. The van der Waals surface area contributed by atoms with Crippen molar-refractivity contribution < 1.29 is 4.39 Å². The standard InChI is InChI=1S/C14H11BrFN3/c1-8-4-10(17)6-19-7-13(18-14(8)19)11-5-9(15)2-3-12(11)16/h2-7H,17H2,1H3. The summed E-state index contributed by atoms with van der Waals surface area (Å²) in [6.07, 6.45) is 3.55. The summed E-state index contributed by atoms with van der Waals surface area (Å²) in [4.78, 5) is 4.47. The fraction of sp³-hybridized carbons (Fsp3) is 0.0714. The molecule has 96 valence electrons. The number of nitrogens with zero attached hydrogens (tertiary/aromatic N) is 2. The van der Waals surface area contributed by atoms with Crippen LogP contribution >= 0.6 is 15.9 Å². The quantitative estimate of drug-likeness (QED) is 0.741. The van der Waals surface area contributed by atoms with Gasteiger partial charge in [-0.25, -0.2) is 9.37 Å². The van der Waals surface area contributed by atoms with Crippen LogP contribution in [-0.2, 0) is 0 Å². The molecule has 0 saturated heterocycles. The van der Waals surface area contributed by atoms with Crippen LogP contribution in [0.4, 0.5) is 10.1 Å². The largest absolute Gasteiger partial charge is 0.398 e. The Hall–Kier alpha value is -1.88. The Morgan fingerprint density at radius 1 is 1.26 bits per heavy atom. The van der Waals surface area contributed by atoms with Crippen molar-refractivity contribution in [2.45, 2.75) is 6.92 Å². The van der Waals surface area contributed by atoms with Crippen LogP contribution in [0.15, 0.2) is 41.1 Å². The van der Waals surface area contributed by atoms with Crippen molar-refractivity contribution in [3.8, 4) is 11.3 Å². The van der Waals surface area contributed by atoms with Crippen LogP contribution < -0.4 is 5.73 Å². The lowest BCUT2D eigenvalue weighted by atomic mass is 10.1. The molecular weight excluding hydrogens is 309 g/mol. The molecule has 0 fully saturated rings. The average Bonchev–Trinajstić information content (AvgIpc) is 2.76. The van der Waals surface area contributed by atoms with Gasteiger partial charge in [-0.2, -0.15) is 0 Å². The van der Waals surface area contributed by atoms with E-state index in [2.05, 4.69) is 20.9 Å². The van der Waals surface area contributed by atoms with Gasteiger partial charge in [0.2, 0.25) is 0 Å². The molecule has 0 amide bonds. The van der Waals surface area contributed by atoms with E-state index in [0.29, 0.717) is 16.9 Å². The molecule has 19 heavy (non-hydrogen) atoms. The Morgan fingerprint density at radius 3 is 2.84 bits per heavy atom. The molecule has 3 nitrogen and oxygen atoms in total. The van der Waals surface area contributed by atoms with E-state index in [1.54, 1.807) is 24.5 Å². The summed E-state index contributed by atoms with van der Waals surface area (Å²) in [6.45, 7) is 1.93. The number of fused-ring (bicyclic) bond motifs is 1. The maximum absolute atomic E-state index is 13.9. The molecule has 5 heteroatoms. The molecule has 0 aliphatic heterocycles. The lowest BCUT2D eigenvalue weighted by molar-refractivity contribution is 0.630. The van der Waals surface area contributed by atoms with E-state index in [-0.39, 0.29) is 5.82 Å². The molecule has 2 N–H and O–H groups in total. The number of hydrogen-bond acceptors (Lipinski definition) is 2. The second-order valence-corrected chi connectivity index (χ2v) is 5.35. The molecular formula is C14H11BrFN3. The third-order valence-electron chi connectivity index (χ3n) is 2.96. The third-order valence-corrected chi connectivity index (χ3v) is 3.45. The van der Waals surface area contributed by atoms with Crippen LogP contribution in [0.2, 0.25) is 0 Å². The second-order valence-electron chi connectivity index (χ2n) is 4.44. The number of imidazole rings is 1. The number of nitrogen functional groups attached to an aromatic ring is 1. The van der Waals surface area contributed by atoms with E-state index < -0.39 is 0 Å². The number of hydrogen-bond donors (Lipinski definition) is 1. The maximum atomic E-state index is 13.9. The molecule has 2 heterocycles. The Kier molecular flexibility index (Phi) is 2.78. The van der Waals surface area contributed by atoms with Gasteiger partial charge in [0.1, 0.15) is 11.5 Å². The molecule has 0 saturated carbocycles. The van der Waals surface area contributed by atoms with Gasteiger partial charge in [-0.1, -0.05) is 15.9 Å². The number of aryl methyl sites for hydroxylation is 1. The van der Waals surface area contributed by atoms with E-state index in [1.165, 1.54) is 6.07 Å². The van der Waals surface area contributed by atoms with Crippen LogP contribution in [-0.4, -0.2) is 9.38 Å². The molecule has 3 rings (SSSR count). The van der Waals surface area contributed by atoms with Crippen molar-refractivity contribution in [3.05, 3.63) is 52.5 Å². The Labute approximate surface area is 118 Å². The lowest BCUT2D eigenvalue weighted by Gasteiger charge is -1.99. The first-order chi connectivity index (χ1) is 9.04. The Bertz CT molecular complexity index is 780. The number of anilines is 1. The summed E-state index contributed by atoms with van der Waals surface area (Å²) in [7, 11) is 0. The molecule has 0 atom stereocenters. The molecule has 0 unspecified atom stereocenters. The highest BCUT2D eigenvalue weighted by molar-refractivity contribution is 9.10. The van der Waals surface area contributed by atoms with Crippen molar-refractivity contribution in [2.75, 3.05) is 5.73 Å². The number of nitrogens with two attached hydrogens (primary N) is 1. The zero-order valence-electron chi connectivity index (χ0n) is 10.2. The van der Waals surface area contributed by atoms with Gasteiger partial charge in [-0.05, 0) is 36.8 Å². The minimum atomic E-state index is -0.294. The Morgan fingerprint density at radius 2 is 2.05 bits per heavy atom. The second kappa shape index (κ2) is 4.35. The van der Waals surface area contributed by atoms with Gasteiger partial charge in [-0.3, -0.25) is 0 Å². The van der Waals surface area contributed by atoms with E-state index in [9.17, 15) is 4.39 Å². The van der Waals surface area contributed by atoms with Crippen LogP contribution in [0.1, 0.15) is 5.56 Å². The summed E-state index contributed by atoms with van der Waals surface area (Å²) in [6, 6.07) is 6.65. The van der Waals surface area contributed by atoms with E-state index in [0.717, 1.165) is 15.7 Å². The molecule has 1 aromatic carbocycles. The predicted molar refractivity (Wildman–Crippen MR) is 77.4 cm³/mol. The highest BCUT2D eigenvalue weighted by Gasteiger charge is 2.11. The summed E-state index contributed by atoms with van der Waals surface area (Å²) in [5.74, 6) is -0.294. The van der Waals surface area contributed by atoms with Gasteiger partial charge >= 0.3 is 0 Å². The highest BCUT2D eigenvalue weighted by atomic mass is 79.9. The first kappa shape index (κ1) is 12.2. The van der Waals surface area contributed by atoms with E-state index in [1.807, 2.05) is 17.4 Å². The molecule has 0 aliphatic rings. The van der Waals surface area contributed by atoms with E-state index in [4.69, 9.17) is 5.73 Å². The van der Waals surface area contributed by atoms with Gasteiger partial charge < -0.3 is 10.1 Å². The summed E-state index contributed by atoms with van der Waals surface area (Å²) in [5, 5.41) is 0. The van der Waals surface area contributed by atoms with Crippen molar-refractivity contribution in [3.63, 3.8) is 0 Å². The summed E-state index contributed by atoms with van der Waals surface area (Å²) in [5.41, 5.74) is 9.25. The fourth-order valence-electron chi connectivity index (χ4n) is 2.12. The zero-order valence-corrected chi connectivity index (χ0v) is 11.8. The first-order valence-electron chi connectivity index (χ1n) is 5.75. The number of pyridine rings is 1. The number of rotatable bonds is 1. The van der Waals surface area contributed by atoms with Crippen molar-refractivity contribution in [2.24, 2.45) is 0 Å². The normalized spacial score (nSPS) is 11.1. The molecule has 2 aromatic heterocycles. The number of aromatic nitrogens is 2. The van der Waals surface area contributed by atoms with Crippen LogP contribution in [0.5, 0.6) is 0 Å². The van der Waals surface area contributed by atoms with Crippen molar-refractivity contribution in [1.29, 1.82) is 0 Å². The minimum Gasteiger partial charge on any atom is -0.398 e. The molecule has 0 radical (unpaired) electrons. The SMILES string of the molecule is Cc1cc(N)cn2cc(-c3cc(Br)ccc3F)nc12. The van der Waals surface area contributed by atoms with Crippen LogP contribution in [0, 0.1) is 12.7 Å². The van der Waals surface area contributed by atoms with Gasteiger partial charge in [-0.15, -0.1) is 0 Å². The van der Waals surface area contributed by atoms with Gasteiger partial charge in [0.25, 0.3) is 0 Å². The maximum Gasteiger partial charge on any atom is 0.140 e. The zero-order chi connectivity index (χ0) is 13.6. The average molecular weight is 320 g/mol. The predicted octanol–water partition coefficient (Wildman–Crippen LogP) is 3.79. The molecule has 0 bridgehead atoms. The summed E-state index contributed by atoms with van der Waals surface area (Å²) < 4.78 is 16.5. The highest BCUT2D eigenvalue weighted by Crippen LogP contribution is 2.27. The van der Waals surface area contributed by atoms with Crippen molar-refractivity contribution >= 4 is 27.3 Å². The minimum absolute atomic E-state index is 0.294. The van der Waals surface area contributed by atoms with Crippen LogP contribution in [0.3, 0.4) is 0 Å². The first-order valence-corrected chi connectivity index (χ1v) is 6.54. The summed E-state index contributed by atoms with van der Waals surface area (Å²) >= 11 is 3.34. The van der Waals surface area contributed by atoms with Crippen molar-refractivity contribution in [1.82, 2.24) is 9.38 Å². The number of halogens is 2. The Balaban J connectivity index is 2.26. The molecule has 0 aliphatic carbocycles. The molecule has 3 aromatic rings. The van der Waals surface area contributed by atoms with Gasteiger partial charge in [0, 0.05) is 28.1 Å². The van der Waals surface area contributed by atoms with Crippen LogP contribution in [0.25, 0.3) is 16.9 Å². The van der Waals surface area contributed by atoms with Gasteiger partial charge in [0.15, 0.2) is 0 Å². The van der Waals surface area contributed by atoms with E-state index >= 15 is 0 Å². The lowest BCUT2D eigenvalue weighted by Crippen LogP contribution is -1.92. The smallest absolute Gasteiger partial charge is 0.140 e. The topological polar surface area (TPSA) is 43.3 Å². The fourth-order valence-corrected chi connectivity index (χ4v) is 2.48. The monoisotopic (exact) mass is 319 g/mol. The molecule has 0 spiro atoms. The number of benzene rings is 1.